The summed E-state index contributed by atoms with van der Waals surface area (Å²) in [6.45, 7) is 2.66. The van der Waals surface area contributed by atoms with E-state index in [4.69, 9.17) is 14.2 Å². The molecular formula is C11H18O4. The molecule has 0 N–H and O–H groups in total. The van der Waals surface area contributed by atoms with Gasteiger partial charge in [0.1, 0.15) is 0 Å². The van der Waals surface area contributed by atoms with Crippen LogP contribution in [-0.2, 0) is 19.0 Å². The zero-order chi connectivity index (χ0) is 10.7. The first-order valence-electron chi connectivity index (χ1n) is 5.68. The van der Waals surface area contributed by atoms with Crippen LogP contribution in [0.4, 0.5) is 0 Å². The van der Waals surface area contributed by atoms with Gasteiger partial charge in [0.05, 0.1) is 13.2 Å². The fraction of sp³-hybridized carbons (Fsp3) is 0.909. The minimum atomic E-state index is -0.637. The van der Waals surface area contributed by atoms with Crippen LogP contribution in [0.2, 0.25) is 0 Å². The van der Waals surface area contributed by atoms with Gasteiger partial charge in [-0.1, -0.05) is 6.42 Å². The first-order chi connectivity index (χ1) is 7.23. The van der Waals surface area contributed by atoms with Crippen molar-refractivity contribution in [1.82, 2.24) is 0 Å². The van der Waals surface area contributed by atoms with E-state index in [0.717, 1.165) is 32.1 Å². The predicted octanol–water partition coefficient (Wildman–Crippen LogP) is 1.63. The smallest absolute Gasteiger partial charge is 0.303 e. The summed E-state index contributed by atoms with van der Waals surface area (Å²) < 4.78 is 16.7. The molecule has 0 bridgehead atoms. The topological polar surface area (TPSA) is 44.8 Å². The van der Waals surface area contributed by atoms with Crippen molar-refractivity contribution in [3.8, 4) is 0 Å². The van der Waals surface area contributed by atoms with Crippen molar-refractivity contribution in [3.63, 3.8) is 0 Å². The summed E-state index contributed by atoms with van der Waals surface area (Å²) in [6, 6.07) is 0. The quantitative estimate of drug-likeness (QED) is 0.622. The molecule has 1 saturated carbocycles. The Morgan fingerprint density at radius 1 is 1.27 bits per heavy atom. The maximum absolute atomic E-state index is 11.0. The molecule has 2 aliphatic rings. The van der Waals surface area contributed by atoms with Crippen LogP contribution in [0, 0.1) is 0 Å². The molecule has 4 heteroatoms. The van der Waals surface area contributed by atoms with Gasteiger partial charge < -0.3 is 14.2 Å². The number of esters is 1. The van der Waals surface area contributed by atoms with E-state index in [9.17, 15) is 4.79 Å². The maximum atomic E-state index is 11.0. The van der Waals surface area contributed by atoms with Crippen LogP contribution in [0.1, 0.15) is 39.0 Å². The van der Waals surface area contributed by atoms with Crippen LogP contribution in [0.3, 0.4) is 0 Å². The van der Waals surface area contributed by atoms with Crippen LogP contribution in [0.25, 0.3) is 0 Å². The molecule has 86 valence electrons. The normalized spacial score (nSPS) is 30.1. The highest BCUT2D eigenvalue weighted by atomic mass is 16.8. The molecule has 1 heterocycles. The van der Waals surface area contributed by atoms with E-state index in [2.05, 4.69) is 0 Å². The van der Waals surface area contributed by atoms with Gasteiger partial charge in [-0.25, -0.2) is 0 Å². The molecule has 1 aliphatic heterocycles. The van der Waals surface area contributed by atoms with Crippen LogP contribution >= 0.6 is 0 Å². The van der Waals surface area contributed by atoms with Crippen molar-refractivity contribution in [3.05, 3.63) is 0 Å². The number of ether oxygens (including phenoxy) is 3. The number of carbonyl (C=O) groups excluding carboxylic acids is 1. The predicted molar refractivity (Wildman–Crippen MR) is 53.3 cm³/mol. The molecule has 1 aliphatic carbocycles. The molecule has 4 nitrogen and oxygen atoms in total. The Balaban J connectivity index is 2.10. The first kappa shape index (κ1) is 10.9. The van der Waals surface area contributed by atoms with E-state index in [1.54, 1.807) is 0 Å². The van der Waals surface area contributed by atoms with Gasteiger partial charge >= 0.3 is 5.97 Å². The lowest BCUT2D eigenvalue weighted by Gasteiger charge is -2.33. The van der Waals surface area contributed by atoms with E-state index in [-0.39, 0.29) is 12.1 Å². The van der Waals surface area contributed by atoms with Gasteiger partial charge in [-0.3, -0.25) is 4.79 Å². The van der Waals surface area contributed by atoms with Crippen molar-refractivity contribution in [2.24, 2.45) is 0 Å². The zero-order valence-corrected chi connectivity index (χ0v) is 9.16. The van der Waals surface area contributed by atoms with Crippen LogP contribution < -0.4 is 0 Å². The molecule has 0 aromatic rings. The van der Waals surface area contributed by atoms with Gasteiger partial charge in [-0.2, -0.15) is 0 Å². The van der Waals surface area contributed by atoms with Gasteiger partial charge in [0.25, 0.3) is 0 Å². The molecular weight excluding hydrogens is 196 g/mol. The molecule has 0 radical (unpaired) electrons. The Bertz CT molecular complexity index is 233. The van der Waals surface area contributed by atoms with E-state index in [1.807, 2.05) is 0 Å². The van der Waals surface area contributed by atoms with E-state index in [1.165, 1.54) is 6.92 Å². The van der Waals surface area contributed by atoms with Crippen molar-refractivity contribution in [2.75, 3.05) is 13.2 Å². The third-order valence-electron chi connectivity index (χ3n) is 3.07. The monoisotopic (exact) mass is 214 g/mol. The van der Waals surface area contributed by atoms with Crippen molar-refractivity contribution < 1.29 is 19.0 Å². The molecule has 2 rings (SSSR count). The van der Waals surface area contributed by atoms with Gasteiger partial charge in [-0.05, 0) is 19.3 Å². The lowest BCUT2D eigenvalue weighted by atomic mass is 10.0. The van der Waals surface area contributed by atoms with Crippen molar-refractivity contribution in [1.29, 1.82) is 0 Å². The van der Waals surface area contributed by atoms with Gasteiger partial charge in [0.15, 0.2) is 6.10 Å². The molecule has 0 amide bonds. The first-order valence-corrected chi connectivity index (χ1v) is 5.68. The van der Waals surface area contributed by atoms with E-state index in [0.29, 0.717) is 13.2 Å². The Kier molecular flexibility index (Phi) is 3.26. The molecule has 15 heavy (non-hydrogen) atoms. The highest BCUT2D eigenvalue weighted by molar-refractivity contribution is 5.66. The van der Waals surface area contributed by atoms with Gasteiger partial charge in [-0.15, -0.1) is 0 Å². The highest BCUT2D eigenvalue weighted by Gasteiger charge is 2.46. The molecule has 1 saturated heterocycles. The van der Waals surface area contributed by atoms with Crippen LogP contribution in [-0.4, -0.2) is 31.1 Å². The summed E-state index contributed by atoms with van der Waals surface area (Å²) in [6.07, 6.45) is 4.78. The minimum Gasteiger partial charge on any atom is -0.457 e. The summed E-state index contributed by atoms with van der Waals surface area (Å²) >= 11 is 0. The zero-order valence-electron chi connectivity index (χ0n) is 9.16. The van der Waals surface area contributed by atoms with Crippen molar-refractivity contribution in [2.45, 2.75) is 50.9 Å². The molecule has 0 aromatic carbocycles. The molecule has 1 spiro atoms. The second kappa shape index (κ2) is 4.49. The summed E-state index contributed by atoms with van der Waals surface area (Å²) in [5.41, 5.74) is 0. The largest absolute Gasteiger partial charge is 0.457 e. The number of hydrogen-bond donors (Lipinski definition) is 0. The fourth-order valence-electron chi connectivity index (χ4n) is 2.41. The summed E-state index contributed by atoms with van der Waals surface area (Å²) in [5, 5.41) is 0. The maximum Gasteiger partial charge on any atom is 0.303 e. The minimum absolute atomic E-state index is 0.222. The second-order valence-electron chi connectivity index (χ2n) is 4.21. The number of rotatable bonds is 1. The third-order valence-corrected chi connectivity index (χ3v) is 3.07. The Morgan fingerprint density at radius 2 is 2.00 bits per heavy atom. The lowest BCUT2D eigenvalue weighted by Crippen LogP contribution is -2.45. The Hall–Kier alpha value is -0.610. The molecule has 1 atom stereocenters. The average Bonchev–Trinajstić information content (AvgIpc) is 2.56. The molecule has 2 fully saturated rings. The Morgan fingerprint density at radius 3 is 2.67 bits per heavy atom. The Labute approximate surface area is 89.9 Å². The van der Waals surface area contributed by atoms with Crippen molar-refractivity contribution >= 4 is 5.97 Å². The SMILES string of the molecule is CC(=O)OC1CCCCCC12OCCO2. The number of hydrogen-bond acceptors (Lipinski definition) is 4. The third kappa shape index (κ3) is 2.32. The average molecular weight is 214 g/mol. The van der Waals surface area contributed by atoms with E-state index >= 15 is 0 Å². The second-order valence-corrected chi connectivity index (χ2v) is 4.21. The summed E-state index contributed by atoms with van der Waals surface area (Å²) in [4.78, 5) is 11.0. The lowest BCUT2D eigenvalue weighted by molar-refractivity contribution is -0.233. The summed E-state index contributed by atoms with van der Waals surface area (Å²) in [5.74, 6) is -0.886. The van der Waals surface area contributed by atoms with Crippen LogP contribution in [0.15, 0.2) is 0 Å². The fourth-order valence-corrected chi connectivity index (χ4v) is 2.41. The molecule has 0 aromatic heterocycles. The van der Waals surface area contributed by atoms with Gasteiger partial charge in [0.2, 0.25) is 5.79 Å². The van der Waals surface area contributed by atoms with E-state index < -0.39 is 5.79 Å². The standard InChI is InChI=1S/C11H18O4/c1-9(12)15-10-5-3-2-4-6-11(10)13-7-8-14-11/h10H,2-8H2,1H3. The van der Waals surface area contributed by atoms with Crippen LogP contribution in [0.5, 0.6) is 0 Å². The molecule has 1 unspecified atom stereocenters. The number of carbonyl (C=O) groups is 1. The summed E-state index contributed by atoms with van der Waals surface area (Å²) in [7, 11) is 0. The van der Waals surface area contributed by atoms with Gasteiger partial charge in [0, 0.05) is 13.3 Å². The highest BCUT2D eigenvalue weighted by Crippen LogP contribution is 2.36.